The molecule has 2 aromatic carbocycles. The number of rotatable bonds is 4. The third kappa shape index (κ3) is 3.58. The topological polar surface area (TPSA) is 35.2 Å². The number of fused-ring (bicyclic) bond motifs is 1. The van der Waals surface area contributed by atoms with Crippen LogP contribution in [0.25, 0.3) is 0 Å². The molecule has 1 heterocycles. The molecule has 3 heteroatoms. The van der Waals surface area contributed by atoms with E-state index >= 15 is 0 Å². The van der Waals surface area contributed by atoms with Crippen LogP contribution in [0, 0.1) is 6.92 Å². The summed E-state index contributed by atoms with van der Waals surface area (Å²) in [5.74, 6) is 1.01. The average Bonchev–Trinajstić information content (AvgIpc) is 2.79. The van der Waals surface area contributed by atoms with Crippen LogP contribution < -0.4 is 10.5 Å². The molecule has 0 amide bonds. The molecule has 0 aromatic heterocycles. The molecule has 2 nitrogen and oxygen atoms in total. The van der Waals surface area contributed by atoms with Crippen molar-refractivity contribution < 1.29 is 4.74 Å². The van der Waals surface area contributed by atoms with Crippen molar-refractivity contribution in [1.29, 1.82) is 0 Å². The van der Waals surface area contributed by atoms with E-state index in [1.54, 1.807) is 0 Å². The van der Waals surface area contributed by atoms with E-state index in [1.807, 2.05) is 18.2 Å². The maximum atomic E-state index is 6.28. The first-order chi connectivity index (χ1) is 10.1. The van der Waals surface area contributed by atoms with Gasteiger partial charge in [0.05, 0.1) is 0 Å². The Morgan fingerprint density at radius 3 is 2.95 bits per heavy atom. The second kappa shape index (κ2) is 6.08. The van der Waals surface area contributed by atoms with Gasteiger partial charge in [-0.25, -0.2) is 0 Å². The average molecular weight is 302 g/mol. The van der Waals surface area contributed by atoms with Gasteiger partial charge in [0, 0.05) is 23.9 Å². The molecular formula is C18H20ClNO. The van der Waals surface area contributed by atoms with Crippen LogP contribution in [0.3, 0.4) is 0 Å². The van der Waals surface area contributed by atoms with Gasteiger partial charge in [-0.05, 0) is 42.7 Å². The molecule has 0 radical (unpaired) electrons. The largest absolute Gasteiger partial charge is 0.490 e. The highest BCUT2D eigenvalue weighted by Crippen LogP contribution is 2.31. The molecule has 1 aliphatic heterocycles. The normalized spacial score (nSPS) is 18.1. The molecule has 0 spiro atoms. The first-order valence-corrected chi connectivity index (χ1v) is 7.74. The number of nitrogens with two attached hydrogens (primary N) is 1. The molecule has 21 heavy (non-hydrogen) atoms. The zero-order valence-corrected chi connectivity index (χ0v) is 12.9. The fourth-order valence-electron chi connectivity index (χ4n) is 2.97. The molecule has 0 fully saturated rings. The summed E-state index contributed by atoms with van der Waals surface area (Å²) < 4.78 is 5.99. The molecule has 110 valence electrons. The molecule has 2 aromatic rings. The maximum Gasteiger partial charge on any atom is 0.123 e. The van der Waals surface area contributed by atoms with Gasteiger partial charge in [0.25, 0.3) is 0 Å². The standard InChI is InChI=1S/C18H20ClNO/c1-12-5-6-18-14(7-12)10-17(21-18)11-16(20)9-13-3-2-4-15(19)8-13/h2-8,16-17H,9-11,20H2,1H3. The zero-order chi connectivity index (χ0) is 14.8. The van der Waals surface area contributed by atoms with E-state index in [-0.39, 0.29) is 12.1 Å². The Balaban J connectivity index is 1.58. The van der Waals surface area contributed by atoms with Crippen LogP contribution in [-0.4, -0.2) is 12.1 Å². The van der Waals surface area contributed by atoms with Crippen LogP contribution in [0.1, 0.15) is 23.1 Å². The van der Waals surface area contributed by atoms with Crippen LogP contribution in [-0.2, 0) is 12.8 Å². The van der Waals surface area contributed by atoms with Gasteiger partial charge >= 0.3 is 0 Å². The van der Waals surface area contributed by atoms with Crippen molar-refractivity contribution in [3.63, 3.8) is 0 Å². The Labute approximate surface area is 130 Å². The summed E-state index contributed by atoms with van der Waals surface area (Å²) >= 11 is 6.01. The third-order valence-corrected chi connectivity index (χ3v) is 4.14. The lowest BCUT2D eigenvalue weighted by molar-refractivity contribution is 0.210. The molecule has 2 unspecified atom stereocenters. The minimum absolute atomic E-state index is 0.0869. The second-order valence-corrected chi connectivity index (χ2v) is 6.32. The number of hydrogen-bond donors (Lipinski definition) is 1. The number of halogens is 1. The summed E-state index contributed by atoms with van der Waals surface area (Å²) in [6.07, 6.45) is 2.84. The van der Waals surface area contributed by atoms with Crippen molar-refractivity contribution in [2.24, 2.45) is 5.73 Å². The highest BCUT2D eigenvalue weighted by atomic mass is 35.5. The Morgan fingerprint density at radius 1 is 1.29 bits per heavy atom. The SMILES string of the molecule is Cc1ccc2c(c1)CC(CC(N)Cc1cccc(Cl)c1)O2. The lowest BCUT2D eigenvalue weighted by Crippen LogP contribution is -2.30. The van der Waals surface area contributed by atoms with Crippen molar-refractivity contribution in [3.05, 3.63) is 64.2 Å². The van der Waals surface area contributed by atoms with Gasteiger partial charge in [-0.15, -0.1) is 0 Å². The van der Waals surface area contributed by atoms with E-state index in [0.29, 0.717) is 0 Å². The molecule has 0 saturated carbocycles. The van der Waals surface area contributed by atoms with Gasteiger partial charge < -0.3 is 10.5 Å². The van der Waals surface area contributed by atoms with E-state index in [0.717, 1.165) is 30.0 Å². The van der Waals surface area contributed by atoms with Crippen LogP contribution in [0.4, 0.5) is 0 Å². The predicted molar refractivity (Wildman–Crippen MR) is 87.0 cm³/mol. The fraction of sp³-hybridized carbons (Fsp3) is 0.333. The number of aryl methyl sites for hydroxylation is 1. The number of hydrogen-bond acceptors (Lipinski definition) is 2. The second-order valence-electron chi connectivity index (χ2n) is 5.88. The Kier molecular flexibility index (Phi) is 4.18. The van der Waals surface area contributed by atoms with Gasteiger partial charge in [-0.2, -0.15) is 0 Å². The predicted octanol–water partition coefficient (Wildman–Crippen LogP) is 3.91. The first-order valence-electron chi connectivity index (χ1n) is 7.36. The summed E-state index contributed by atoms with van der Waals surface area (Å²) in [4.78, 5) is 0. The third-order valence-electron chi connectivity index (χ3n) is 3.91. The van der Waals surface area contributed by atoms with E-state index in [1.165, 1.54) is 16.7 Å². The summed E-state index contributed by atoms with van der Waals surface area (Å²) in [6.45, 7) is 2.11. The highest BCUT2D eigenvalue weighted by Gasteiger charge is 2.24. The van der Waals surface area contributed by atoms with Crippen molar-refractivity contribution in [2.75, 3.05) is 0 Å². The fourth-order valence-corrected chi connectivity index (χ4v) is 3.18. The quantitative estimate of drug-likeness (QED) is 0.929. The molecule has 0 aliphatic carbocycles. The van der Waals surface area contributed by atoms with Crippen LogP contribution >= 0.6 is 11.6 Å². The van der Waals surface area contributed by atoms with Crippen molar-refractivity contribution in [1.82, 2.24) is 0 Å². The van der Waals surface area contributed by atoms with Gasteiger partial charge in [0.15, 0.2) is 0 Å². The molecule has 2 atom stereocenters. The van der Waals surface area contributed by atoms with E-state index < -0.39 is 0 Å². The van der Waals surface area contributed by atoms with Crippen LogP contribution in [0.5, 0.6) is 5.75 Å². The van der Waals surface area contributed by atoms with E-state index in [9.17, 15) is 0 Å². The molecular weight excluding hydrogens is 282 g/mol. The molecule has 0 bridgehead atoms. The van der Waals surface area contributed by atoms with Crippen LogP contribution in [0.15, 0.2) is 42.5 Å². The Hall–Kier alpha value is -1.51. The lowest BCUT2D eigenvalue weighted by atomic mass is 9.98. The Morgan fingerprint density at radius 2 is 2.14 bits per heavy atom. The summed E-state index contributed by atoms with van der Waals surface area (Å²) in [5.41, 5.74) is 10.0. The van der Waals surface area contributed by atoms with Crippen molar-refractivity contribution in [3.8, 4) is 5.75 Å². The van der Waals surface area contributed by atoms with E-state index in [2.05, 4.69) is 31.2 Å². The molecule has 0 saturated heterocycles. The lowest BCUT2D eigenvalue weighted by Gasteiger charge is -2.17. The summed E-state index contributed by atoms with van der Waals surface area (Å²) in [5, 5.41) is 0.764. The molecule has 1 aliphatic rings. The van der Waals surface area contributed by atoms with Gasteiger partial charge in [-0.1, -0.05) is 41.4 Å². The number of ether oxygens (including phenoxy) is 1. The number of benzene rings is 2. The summed E-state index contributed by atoms with van der Waals surface area (Å²) in [7, 11) is 0. The van der Waals surface area contributed by atoms with Crippen LogP contribution in [0.2, 0.25) is 5.02 Å². The van der Waals surface area contributed by atoms with E-state index in [4.69, 9.17) is 22.1 Å². The first kappa shape index (κ1) is 14.4. The van der Waals surface area contributed by atoms with Gasteiger partial charge in [0.2, 0.25) is 0 Å². The molecule has 2 N–H and O–H groups in total. The smallest absolute Gasteiger partial charge is 0.123 e. The van der Waals surface area contributed by atoms with Crippen molar-refractivity contribution >= 4 is 11.6 Å². The minimum atomic E-state index is 0.0869. The Bertz CT molecular complexity index is 641. The highest BCUT2D eigenvalue weighted by molar-refractivity contribution is 6.30. The van der Waals surface area contributed by atoms with Crippen molar-refractivity contribution in [2.45, 2.75) is 38.3 Å². The monoisotopic (exact) mass is 301 g/mol. The minimum Gasteiger partial charge on any atom is -0.490 e. The summed E-state index contributed by atoms with van der Waals surface area (Å²) in [6, 6.07) is 14.3. The maximum absolute atomic E-state index is 6.28. The van der Waals surface area contributed by atoms with Gasteiger partial charge in [0.1, 0.15) is 11.9 Å². The molecule has 3 rings (SSSR count). The zero-order valence-electron chi connectivity index (χ0n) is 12.2. The van der Waals surface area contributed by atoms with Gasteiger partial charge in [-0.3, -0.25) is 0 Å².